The highest BCUT2D eigenvalue weighted by atomic mass is 16.6. The van der Waals surface area contributed by atoms with Gasteiger partial charge in [0, 0.05) is 11.8 Å². The molecule has 1 heterocycles. The number of hydrogen-bond donors (Lipinski definition) is 0. The first-order chi connectivity index (χ1) is 9.63. The second-order valence-electron chi connectivity index (χ2n) is 4.20. The van der Waals surface area contributed by atoms with E-state index in [0.29, 0.717) is 24.7 Å². The molecule has 0 atom stereocenters. The van der Waals surface area contributed by atoms with Crippen molar-refractivity contribution in [2.45, 2.75) is 13.8 Å². The molecule has 0 aromatic heterocycles. The zero-order valence-electron chi connectivity index (χ0n) is 11.5. The van der Waals surface area contributed by atoms with Crippen LogP contribution in [0.2, 0.25) is 0 Å². The molecule has 0 unspecified atom stereocenters. The van der Waals surface area contributed by atoms with Crippen molar-refractivity contribution < 1.29 is 23.8 Å². The normalized spacial score (nSPS) is 15.0. The fourth-order valence-corrected chi connectivity index (χ4v) is 1.98. The predicted molar refractivity (Wildman–Crippen MR) is 72.1 cm³/mol. The topological polar surface area (TPSA) is 65.1 Å². The number of carbonyl (C=O) groups is 2. The SMILES string of the molecule is CCOc1ccc(N2CC(=O)OC(=O)C2)cc1OCC. The zero-order chi connectivity index (χ0) is 14.5. The second-order valence-corrected chi connectivity index (χ2v) is 4.20. The van der Waals surface area contributed by atoms with Crippen molar-refractivity contribution in [3.8, 4) is 11.5 Å². The maximum absolute atomic E-state index is 11.3. The largest absolute Gasteiger partial charge is 0.490 e. The maximum atomic E-state index is 11.3. The Balaban J connectivity index is 2.25. The Hall–Kier alpha value is -2.24. The van der Waals surface area contributed by atoms with Gasteiger partial charge in [-0.15, -0.1) is 0 Å². The van der Waals surface area contributed by atoms with Gasteiger partial charge in [-0.25, -0.2) is 9.59 Å². The summed E-state index contributed by atoms with van der Waals surface area (Å²) in [5.74, 6) is 0.142. The van der Waals surface area contributed by atoms with E-state index in [4.69, 9.17) is 9.47 Å². The molecule has 6 nitrogen and oxygen atoms in total. The molecule has 20 heavy (non-hydrogen) atoms. The van der Waals surface area contributed by atoms with Gasteiger partial charge in [-0.05, 0) is 26.0 Å². The number of esters is 2. The summed E-state index contributed by atoms with van der Waals surface area (Å²) in [5.41, 5.74) is 0.724. The van der Waals surface area contributed by atoms with E-state index < -0.39 is 11.9 Å². The van der Waals surface area contributed by atoms with Gasteiger partial charge < -0.3 is 19.1 Å². The summed E-state index contributed by atoms with van der Waals surface area (Å²) in [6.45, 7) is 4.90. The van der Waals surface area contributed by atoms with E-state index in [1.165, 1.54) is 0 Å². The molecular formula is C14H17NO5. The molecule has 0 bridgehead atoms. The van der Waals surface area contributed by atoms with E-state index in [1.807, 2.05) is 13.8 Å². The molecule has 0 radical (unpaired) electrons. The van der Waals surface area contributed by atoms with Crippen LogP contribution in [0.15, 0.2) is 18.2 Å². The lowest BCUT2D eigenvalue weighted by Gasteiger charge is -2.27. The number of anilines is 1. The molecule has 6 heteroatoms. The van der Waals surface area contributed by atoms with E-state index in [9.17, 15) is 9.59 Å². The van der Waals surface area contributed by atoms with Crippen molar-refractivity contribution in [2.24, 2.45) is 0 Å². The van der Waals surface area contributed by atoms with Crippen LogP contribution in [0.25, 0.3) is 0 Å². The fourth-order valence-electron chi connectivity index (χ4n) is 1.98. The molecule has 1 fully saturated rings. The van der Waals surface area contributed by atoms with Crippen molar-refractivity contribution in [3.05, 3.63) is 18.2 Å². The Kier molecular flexibility index (Phi) is 4.45. The number of hydrogen-bond acceptors (Lipinski definition) is 6. The van der Waals surface area contributed by atoms with Gasteiger partial charge in [0.1, 0.15) is 13.1 Å². The molecule has 0 N–H and O–H groups in total. The molecular weight excluding hydrogens is 262 g/mol. The third-order valence-electron chi connectivity index (χ3n) is 2.76. The fraction of sp³-hybridized carbons (Fsp3) is 0.429. The lowest BCUT2D eigenvalue weighted by molar-refractivity contribution is -0.160. The molecule has 1 aliphatic rings. The van der Waals surface area contributed by atoms with E-state index in [0.717, 1.165) is 5.69 Å². The first-order valence-corrected chi connectivity index (χ1v) is 6.52. The van der Waals surface area contributed by atoms with Crippen molar-refractivity contribution >= 4 is 17.6 Å². The van der Waals surface area contributed by atoms with Crippen molar-refractivity contribution in [3.63, 3.8) is 0 Å². The lowest BCUT2D eigenvalue weighted by Crippen LogP contribution is -2.42. The number of ether oxygens (including phenoxy) is 3. The van der Waals surface area contributed by atoms with Crippen LogP contribution in [0.1, 0.15) is 13.8 Å². The summed E-state index contributed by atoms with van der Waals surface area (Å²) in [5, 5.41) is 0. The first-order valence-electron chi connectivity index (χ1n) is 6.52. The van der Waals surface area contributed by atoms with Crippen LogP contribution < -0.4 is 14.4 Å². The molecule has 1 saturated heterocycles. The van der Waals surface area contributed by atoms with Crippen molar-refractivity contribution in [1.29, 1.82) is 0 Å². The van der Waals surface area contributed by atoms with E-state index in [-0.39, 0.29) is 13.1 Å². The van der Waals surface area contributed by atoms with Crippen LogP contribution >= 0.6 is 0 Å². The number of benzene rings is 1. The van der Waals surface area contributed by atoms with Crippen LogP contribution in [0.5, 0.6) is 11.5 Å². The Morgan fingerprint density at radius 2 is 1.65 bits per heavy atom. The molecule has 0 saturated carbocycles. The van der Waals surface area contributed by atoms with Gasteiger partial charge >= 0.3 is 11.9 Å². The summed E-state index contributed by atoms with van der Waals surface area (Å²) in [7, 11) is 0. The van der Waals surface area contributed by atoms with Gasteiger partial charge in [0.2, 0.25) is 0 Å². The quantitative estimate of drug-likeness (QED) is 0.599. The Bertz CT molecular complexity index is 498. The molecule has 0 aliphatic carbocycles. The summed E-state index contributed by atoms with van der Waals surface area (Å²) >= 11 is 0. The number of nitrogens with zero attached hydrogens (tertiary/aromatic N) is 1. The third kappa shape index (κ3) is 3.20. The minimum atomic E-state index is -0.548. The first kappa shape index (κ1) is 14.2. The third-order valence-corrected chi connectivity index (χ3v) is 2.76. The van der Waals surface area contributed by atoms with E-state index in [2.05, 4.69) is 4.74 Å². The highest BCUT2D eigenvalue weighted by molar-refractivity contribution is 5.94. The second kappa shape index (κ2) is 6.27. The molecule has 1 aromatic rings. The monoisotopic (exact) mass is 279 g/mol. The molecule has 1 aliphatic heterocycles. The van der Waals surface area contributed by atoms with Crippen molar-refractivity contribution in [1.82, 2.24) is 0 Å². The van der Waals surface area contributed by atoms with Gasteiger partial charge in [0.05, 0.1) is 13.2 Å². The molecule has 0 spiro atoms. The summed E-state index contributed by atoms with van der Waals surface area (Å²) in [6.07, 6.45) is 0. The van der Waals surface area contributed by atoms with Gasteiger partial charge in [-0.1, -0.05) is 0 Å². The Morgan fingerprint density at radius 1 is 1.05 bits per heavy atom. The lowest BCUT2D eigenvalue weighted by atomic mass is 10.2. The van der Waals surface area contributed by atoms with E-state index >= 15 is 0 Å². The van der Waals surface area contributed by atoms with Gasteiger partial charge in [-0.3, -0.25) is 0 Å². The molecule has 0 amide bonds. The van der Waals surface area contributed by atoms with Crippen LogP contribution in [0.4, 0.5) is 5.69 Å². The smallest absolute Gasteiger partial charge is 0.333 e. The van der Waals surface area contributed by atoms with E-state index in [1.54, 1.807) is 23.1 Å². The number of morpholine rings is 1. The Morgan fingerprint density at radius 3 is 2.25 bits per heavy atom. The van der Waals surface area contributed by atoms with Crippen LogP contribution in [-0.2, 0) is 14.3 Å². The summed E-state index contributed by atoms with van der Waals surface area (Å²) in [6, 6.07) is 5.33. The molecule has 1 aromatic carbocycles. The van der Waals surface area contributed by atoms with Gasteiger partial charge in [0.25, 0.3) is 0 Å². The van der Waals surface area contributed by atoms with Crippen molar-refractivity contribution in [2.75, 3.05) is 31.2 Å². The highest BCUT2D eigenvalue weighted by Gasteiger charge is 2.25. The molecule has 108 valence electrons. The zero-order valence-corrected chi connectivity index (χ0v) is 11.5. The standard InChI is InChI=1S/C14H17NO5/c1-3-18-11-6-5-10(7-12(11)19-4-2)15-8-13(16)20-14(17)9-15/h5-7H,3-4,8-9H2,1-2H3. The average Bonchev–Trinajstić information content (AvgIpc) is 2.40. The van der Waals surface area contributed by atoms with Gasteiger partial charge in [-0.2, -0.15) is 0 Å². The van der Waals surface area contributed by atoms with Crippen LogP contribution in [0, 0.1) is 0 Å². The number of rotatable bonds is 5. The highest BCUT2D eigenvalue weighted by Crippen LogP contribution is 2.32. The number of cyclic esters (lactones) is 2. The Labute approximate surface area is 117 Å². The summed E-state index contributed by atoms with van der Waals surface area (Å²) < 4.78 is 15.5. The predicted octanol–water partition coefficient (Wildman–Crippen LogP) is 1.37. The summed E-state index contributed by atoms with van der Waals surface area (Å²) in [4.78, 5) is 24.2. The minimum absolute atomic E-state index is 0.0469. The van der Waals surface area contributed by atoms with Crippen LogP contribution in [0.3, 0.4) is 0 Å². The van der Waals surface area contributed by atoms with Crippen LogP contribution in [-0.4, -0.2) is 38.2 Å². The maximum Gasteiger partial charge on any atom is 0.333 e. The van der Waals surface area contributed by atoms with Gasteiger partial charge in [0.15, 0.2) is 11.5 Å². The molecule has 2 rings (SSSR count). The number of carbonyl (C=O) groups excluding carboxylic acids is 2. The minimum Gasteiger partial charge on any atom is -0.490 e. The average molecular weight is 279 g/mol.